The third-order valence-electron chi connectivity index (χ3n) is 2.32. The first kappa shape index (κ1) is 10.1. The zero-order valence-electron chi connectivity index (χ0n) is 8.53. The lowest BCUT2D eigenvalue weighted by molar-refractivity contribution is 1.13. The molecule has 0 aliphatic heterocycles. The predicted octanol–water partition coefficient (Wildman–Crippen LogP) is 3.37. The summed E-state index contributed by atoms with van der Waals surface area (Å²) in [4.78, 5) is 7.28. The van der Waals surface area contributed by atoms with Crippen LogP contribution in [0.2, 0.25) is 0 Å². The molecule has 1 aromatic heterocycles. The van der Waals surface area contributed by atoms with Gasteiger partial charge in [0.15, 0.2) is 0 Å². The third kappa shape index (κ3) is 2.13. The smallest absolute Gasteiger partial charge is 0.129 e. The van der Waals surface area contributed by atoms with E-state index in [4.69, 9.17) is 12.2 Å². The first-order valence-electron chi connectivity index (χ1n) is 4.94. The number of benzene rings is 1. The van der Waals surface area contributed by atoms with E-state index in [2.05, 4.69) is 29.0 Å². The molecule has 0 spiro atoms. The fourth-order valence-corrected chi connectivity index (χ4v) is 1.73. The number of hydrogen-bond acceptors (Lipinski definition) is 2. The molecular weight excluding hydrogens is 204 g/mol. The number of nitrogens with zero attached hydrogens (tertiary/aromatic N) is 1. The molecule has 0 bridgehead atoms. The van der Waals surface area contributed by atoms with E-state index in [0.29, 0.717) is 4.64 Å². The Hall–Kier alpha value is -1.48. The molecule has 1 heterocycles. The second-order valence-electron chi connectivity index (χ2n) is 3.32. The molecule has 2 nitrogen and oxygen atoms in total. The first-order valence-corrected chi connectivity index (χ1v) is 5.35. The van der Waals surface area contributed by atoms with E-state index in [1.165, 1.54) is 5.56 Å². The van der Waals surface area contributed by atoms with Gasteiger partial charge in [-0.15, -0.1) is 0 Å². The summed E-state index contributed by atoms with van der Waals surface area (Å²) < 4.78 is 0.686. The van der Waals surface area contributed by atoms with Crippen LogP contribution in [0.4, 0.5) is 0 Å². The molecule has 0 saturated carbocycles. The number of aryl methyl sites for hydroxylation is 1. The van der Waals surface area contributed by atoms with Gasteiger partial charge in [-0.3, -0.25) is 4.98 Å². The minimum Gasteiger partial charge on any atom is -0.350 e. The molecular formula is C12H12N2S. The maximum atomic E-state index is 5.20. The van der Waals surface area contributed by atoms with Gasteiger partial charge in [0.05, 0.1) is 0 Å². The summed E-state index contributed by atoms with van der Waals surface area (Å²) in [5, 5.41) is 0. The van der Waals surface area contributed by atoms with Gasteiger partial charge in [0.25, 0.3) is 0 Å². The number of hydrogen-bond donors (Lipinski definition) is 1. The van der Waals surface area contributed by atoms with Gasteiger partial charge in [-0.2, -0.15) is 0 Å². The van der Waals surface area contributed by atoms with Gasteiger partial charge in [-0.1, -0.05) is 37.3 Å². The van der Waals surface area contributed by atoms with Gasteiger partial charge in [-0.25, -0.2) is 0 Å². The fraction of sp³-hybridized carbons (Fsp3) is 0.167. The van der Waals surface area contributed by atoms with Crippen molar-refractivity contribution >= 4 is 12.2 Å². The van der Waals surface area contributed by atoms with Crippen LogP contribution in [0.25, 0.3) is 11.3 Å². The Morgan fingerprint density at radius 1 is 1.40 bits per heavy atom. The lowest BCUT2D eigenvalue weighted by Gasteiger charge is -2.02. The molecule has 1 aromatic carbocycles. The van der Waals surface area contributed by atoms with Crippen LogP contribution in [-0.4, -0.2) is 9.97 Å². The highest BCUT2D eigenvalue weighted by Gasteiger charge is 2.01. The van der Waals surface area contributed by atoms with Crippen LogP contribution in [0.5, 0.6) is 0 Å². The van der Waals surface area contributed by atoms with Crippen LogP contribution in [0.15, 0.2) is 36.7 Å². The van der Waals surface area contributed by atoms with Crippen molar-refractivity contribution in [2.24, 2.45) is 0 Å². The second-order valence-corrected chi connectivity index (χ2v) is 3.73. The number of rotatable bonds is 2. The summed E-state index contributed by atoms with van der Waals surface area (Å²) in [6.45, 7) is 2.14. The summed E-state index contributed by atoms with van der Waals surface area (Å²) in [6, 6.07) is 8.31. The third-order valence-corrected chi connectivity index (χ3v) is 2.63. The van der Waals surface area contributed by atoms with Gasteiger partial charge < -0.3 is 4.98 Å². The van der Waals surface area contributed by atoms with Crippen molar-refractivity contribution in [3.63, 3.8) is 0 Å². The molecule has 0 radical (unpaired) electrons. The Labute approximate surface area is 94.0 Å². The Kier molecular flexibility index (Phi) is 2.92. The Morgan fingerprint density at radius 2 is 2.27 bits per heavy atom. The number of H-pyrrole nitrogens is 1. The van der Waals surface area contributed by atoms with E-state index in [1.807, 2.05) is 12.1 Å². The van der Waals surface area contributed by atoms with Crippen molar-refractivity contribution in [2.45, 2.75) is 13.3 Å². The van der Waals surface area contributed by atoms with Crippen molar-refractivity contribution in [3.05, 3.63) is 46.9 Å². The SMILES string of the molecule is CCc1cccc(-c2ncc[nH]c2=S)c1. The van der Waals surface area contributed by atoms with Crippen LogP contribution < -0.4 is 0 Å². The van der Waals surface area contributed by atoms with E-state index >= 15 is 0 Å². The molecule has 0 atom stereocenters. The van der Waals surface area contributed by atoms with E-state index in [1.54, 1.807) is 12.4 Å². The number of aromatic nitrogens is 2. The van der Waals surface area contributed by atoms with E-state index in [-0.39, 0.29) is 0 Å². The van der Waals surface area contributed by atoms with Crippen molar-refractivity contribution < 1.29 is 0 Å². The van der Waals surface area contributed by atoms with E-state index < -0.39 is 0 Å². The summed E-state index contributed by atoms with van der Waals surface area (Å²) in [7, 11) is 0. The summed E-state index contributed by atoms with van der Waals surface area (Å²) >= 11 is 5.20. The predicted molar refractivity (Wildman–Crippen MR) is 64.2 cm³/mol. The van der Waals surface area contributed by atoms with Crippen molar-refractivity contribution in [2.75, 3.05) is 0 Å². The molecule has 0 fully saturated rings. The lowest BCUT2D eigenvalue weighted by Crippen LogP contribution is -1.88. The maximum Gasteiger partial charge on any atom is 0.129 e. The second kappa shape index (κ2) is 4.36. The van der Waals surface area contributed by atoms with Crippen molar-refractivity contribution in [1.82, 2.24) is 9.97 Å². The normalized spacial score (nSPS) is 10.2. The summed E-state index contributed by atoms with van der Waals surface area (Å²) in [6.07, 6.45) is 4.50. The number of nitrogens with one attached hydrogen (secondary N) is 1. The van der Waals surface area contributed by atoms with Crippen molar-refractivity contribution in [1.29, 1.82) is 0 Å². The summed E-state index contributed by atoms with van der Waals surface area (Å²) in [5.74, 6) is 0. The van der Waals surface area contributed by atoms with Gasteiger partial charge in [-0.05, 0) is 18.1 Å². The average Bonchev–Trinajstić information content (AvgIpc) is 2.30. The van der Waals surface area contributed by atoms with Crippen LogP contribution in [-0.2, 0) is 6.42 Å². The molecule has 3 heteroatoms. The minimum atomic E-state index is 0.686. The average molecular weight is 216 g/mol. The maximum absolute atomic E-state index is 5.20. The largest absolute Gasteiger partial charge is 0.350 e. The van der Waals surface area contributed by atoms with Crippen LogP contribution in [0.3, 0.4) is 0 Å². The Balaban J connectivity index is 2.54. The van der Waals surface area contributed by atoms with Gasteiger partial charge in [0, 0.05) is 18.0 Å². The summed E-state index contributed by atoms with van der Waals surface area (Å²) in [5.41, 5.74) is 3.23. The Morgan fingerprint density at radius 3 is 3.00 bits per heavy atom. The van der Waals surface area contributed by atoms with E-state index in [0.717, 1.165) is 17.7 Å². The molecule has 0 aliphatic carbocycles. The minimum absolute atomic E-state index is 0.686. The molecule has 1 N–H and O–H groups in total. The topological polar surface area (TPSA) is 28.7 Å². The van der Waals surface area contributed by atoms with Crippen LogP contribution in [0, 0.1) is 4.64 Å². The highest BCUT2D eigenvalue weighted by atomic mass is 32.1. The van der Waals surface area contributed by atoms with Gasteiger partial charge >= 0.3 is 0 Å². The zero-order chi connectivity index (χ0) is 10.7. The highest BCUT2D eigenvalue weighted by molar-refractivity contribution is 7.71. The van der Waals surface area contributed by atoms with E-state index in [9.17, 15) is 0 Å². The van der Waals surface area contributed by atoms with Crippen LogP contribution >= 0.6 is 12.2 Å². The quantitative estimate of drug-likeness (QED) is 0.780. The molecule has 0 aliphatic rings. The first-order chi connectivity index (χ1) is 7.31. The van der Waals surface area contributed by atoms with Gasteiger partial charge in [0.2, 0.25) is 0 Å². The van der Waals surface area contributed by atoms with Gasteiger partial charge in [0.1, 0.15) is 10.3 Å². The highest BCUT2D eigenvalue weighted by Crippen LogP contribution is 2.18. The molecule has 76 valence electrons. The molecule has 15 heavy (non-hydrogen) atoms. The fourth-order valence-electron chi connectivity index (χ4n) is 1.50. The van der Waals surface area contributed by atoms with Crippen molar-refractivity contribution in [3.8, 4) is 11.3 Å². The zero-order valence-corrected chi connectivity index (χ0v) is 9.34. The number of aromatic amines is 1. The molecule has 0 unspecified atom stereocenters. The lowest BCUT2D eigenvalue weighted by atomic mass is 10.1. The monoisotopic (exact) mass is 216 g/mol. The van der Waals surface area contributed by atoms with Crippen LogP contribution in [0.1, 0.15) is 12.5 Å². The molecule has 0 amide bonds. The molecule has 2 rings (SSSR count). The standard InChI is InChI=1S/C12H12N2S/c1-2-9-4-3-5-10(8-9)11-12(15)14-7-6-13-11/h3-8H,2H2,1H3,(H,14,15). The Bertz CT molecular complexity index is 517. The molecule has 0 saturated heterocycles. The molecule has 2 aromatic rings.